The third-order valence-electron chi connectivity index (χ3n) is 6.70. The van der Waals surface area contributed by atoms with Crippen LogP contribution in [0, 0.1) is 0 Å². The molecule has 0 saturated heterocycles. The van der Waals surface area contributed by atoms with Gasteiger partial charge in [-0.2, -0.15) is 0 Å². The molecule has 2 aromatic carbocycles. The predicted octanol–water partition coefficient (Wildman–Crippen LogP) is 3.99. The summed E-state index contributed by atoms with van der Waals surface area (Å²) in [4.78, 5) is 27.8. The number of carbonyl (C=O) groups excluding carboxylic acids is 2. The fourth-order valence-electron chi connectivity index (χ4n) is 5.21. The van der Waals surface area contributed by atoms with Crippen LogP contribution >= 0.6 is 0 Å². The first-order chi connectivity index (χ1) is 16.0. The summed E-state index contributed by atoms with van der Waals surface area (Å²) in [7, 11) is -2.16. The zero-order valence-corrected chi connectivity index (χ0v) is 21.1. The van der Waals surface area contributed by atoms with Gasteiger partial charge in [0.2, 0.25) is 10.0 Å². The van der Waals surface area contributed by atoms with Gasteiger partial charge in [-0.05, 0) is 75.6 Å². The summed E-state index contributed by atoms with van der Waals surface area (Å²) in [5.41, 5.74) is 1.95. The Balaban J connectivity index is 1.72. The second kappa shape index (κ2) is 8.82. The molecule has 4 rings (SSSR count). The zero-order chi connectivity index (χ0) is 24.7. The van der Waals surface area contributed by atoms with Crippen LogP contribution in [0.15, 0.2) is 47.4 Å². The van der Waals surface area contributed by atoms with Crippen LogP contribution in [-0.4, -0.2) is 39.4 Å². The molecule has 0 bridgehead atoms. The molecule has 1 heterocycles. The van der Waals surface area contributed by atoms with Crippen molar-refractivity contribution in [2.45, 2.75) is 68.7 Å². The molecule has 0 radical (unpaired) electrons. The van der Waals surface area contributed by atoms with E-state index in [4.69, 9.17) is 0 Å². The lowest BCUT2D eigenvalue weighted by Gasteiger charge is -2.34. The van der Waals surface area contributed by atoms with Gasteiger partial charge in [0.15, 0.2) is 0 Å². The van der Waals surface area contributed by atoms with Crippen molar-refractivity contribution >= 4 is 27.5 Å². The monoisotopic (exact) mass is 483 g/mol. The number of amides is 2. The molecule has 1 fully saturated rings. The van der Waals surface area contributed by atoms with E-state index < -0.39 is 15.6 Å². The van der Waals surface area contributed by atoms with Crippen LogP contribution < -0.4 is 14.9 Å². The van der Waals surface area contributed by atoms with Crippen LogP contribution in [0.5, 0.6) is 0 Å². The summed E-state index contributed by atoms with van der Waals surface area (Å²) in [6.45, 7) is 5.86. The van der Waals surface area contributed by atoms with Crippen LogP contribution in [0.4, 0.5) is 5.69 Å². The lowest BCUT2D eigenvalue weighted by Crippen LogP contribution is -2.40. The largest absolute Gasteiger partial charge is 0.355 e. The van der Waals surface area contributed by atoms with E-state index in [1.807, 2.05) is 12.1 Å². The van der Waals surface area contributed by atoms with Gasteiger partial charge < -0.3 is 10.2 Å². The molecule has 1 aliphatic carbocycles. The van der Waals surface area contributed by atoms with Gasteiger partial charge in [-0.25, -0.2) is 13.1 Å². The van der Waals surface area contributed by atoms with Crippen molar-refractivity contribution in [3.05, 3.63) is 59.2 Å². The van der Waals surface area contributed by atoms with E-state index in [1.165, 1.54) is 18.6 Å². The van der Waals surface area contributed by atoms with Gasteiger partial charge >= 0.3 is 0 Å². The van der Waals surface area contributed by atoms with Crippen LogP contribution in [0.25, 0.3) is 0 Å². The first-order valence-electron chi connectivity index (χ1n) is 11.8. The minimum absolute atomic E-state index is 0.0649. The van der Waals surface area contributed by atoms with E-state index in [-0.39, 0.29) is 22.1 Å². The molecule has 8 heteroatoms. The number of hydrogen-bond donors (Lipinski definition) is 2. The standard InChI is InChI=1S/C26H33N3O4S/c1-25(2,3)28-34(32,33)20-10-8-9-19(15-20)24(31)29-17-26(13-6-5-7-14-26)21-16-18(23(30)27-4)11-12-22(21)29/h8-12,15-16,28H,5-7,13-14,17H2,1-4H3,(H,27,30). The van der Waals surface area contributed by atoms with Crippen molar-refractivity contribution in [1.29, 1.82) is 0 Å². The summed E-state index contributed by atoms with van der Waals surface area (Å²) < 4.78 is 28.3. The highest BCUT2D eigenvalue weighted by Crippen LogP contribution is 2.49. The number of hydrogen-bond acceptors (Lipinski definition) is 4. The molecule has 1 aliphatic heterocycles. The van der Waals surface area contributed by atoms with Crippen molar-refractivity contribution in [1.82, 2.24) is 10.0 Å². The number of nitrogens with one attached hydrogen (secondary N) is 2. The second-order valence-corrected chi connectivity index (χ2v) is 12.1. The maximum atomic E-state index is 13.7. The van der Waals surface area contributed by atoms with E-state index >= 15 is 0 Å². The number of anilines is 1. The van der Waals surface area contributed by atoms with Crippen LogP contribution in [0.1, 0.15) is 79.2 Å². The molecule has 0 unspecified atom stereocenters. The molecule has 2 amide bonds. The van der Waals surface area contributed by atoms with E-state index in [9.17, 15) is 18.0 Å². The zero-order valence-electron chi connectivity index (χ0n) is 20.3. The second-order valence-electron chi connectivity index (χ2n) is 10.4. The van der Waals surface area contributed by atoms with Crippen LogP contribution in [-0.2, 0) is 15.4 Å². The minimum atomic E-state index is -3.77. The molecular formula is C26H33N3O4S. The summed E-state index contributed by atoms with van der Waals surface area (Å²) in [6, 6.07) is 11.7. The van der Waals surface area contributed by atoms with Gasteiger partial charge in [0.1, 0.15) is 0 Å². The summed E-state index contributed by atoms with van der Waals surface area (Å²) in [6.07, 6.45) is 5.26. The Morgan fingerprint density at radius 2 is 1.68 bits per heavy atom. The maximum Gasteiger partial charge on any atom is 0.258 e. The van der Waals surface area contributed by atoms with Crippen molar-refractivity contribution in [2.75, 3.05) is 18.5 Å². The number of sulfonamides is 1. The Bertz CT molecular complexity index is 1220. The third kappa shape index (κ3) is 4.61. The number of benzene rings is 2. The highest BCUT2D eigenvalue weighted by atomic mass is 32.2. The quantitative estimate of drug-likeness (QED) is 0.688. The van der Waals surface area contributed by atoms with Crippen LogP contribution in [0.3, 0.4) is 0 Å². The lowest BCUT2D eigenvalue weighted by atomic mass is 9.70. The fraction of sp³-hybridized carbons (Fsp3) is 0.462. The van der Waals surface area contributed by atoms with E-state index in [1.54, 1.807) is 50.9 Å². The molecule has 2 aromatic rings. The number of rotatable bonds is 4. The average molecular weight is 484 g/mol. The molecule has 2 N–H and O–H groups in total. The average Bonchev–Trinajstić information content (AvgIpc) is 3.10. The lowest BCUT2D eigenvalue weighted by molar-refractivity contribution is 0.0960. The highest BCUT2D eigenvalue weighted by Gasteiger charge is 2.45. The molecule has 182 valence electrons. The normalized spacial score (nSPS) is 17.5. The van der Waals surface area contributed by atoms with E-state index in [2.05, 4.69) is 10.0 Å². The van der Waals surface area contributed by atoms with E-state index in [0.29, 0.717) is 17.7 Å². The van der Waals surface area contributed by atoms with Crippen molar-refractivity contribution < 1.29 is 18.0 Å². The number of fused-ring (bicyclic) bond motifs is 2. The maximum absolute atomic E-state index is 13.7. The molecule has 2 aliphatic rings. The summed E-state index contributed by atoms with van der Waals surface area (Å²) in [5, 5.41) is 2.68. The van der Waals surface area contributed by atoms with Crippen molar-refractivity contribution in [3.8, 4) is 0 Å². The predicted molar refractivity (Wildman–Crippen MR) is 133 cm³/mol. The Kier molecular flexibility index (Phi) is 6.33. The van der Waals surface area contributed by atoms with Gasteiger partial charge in [0.25, 0.3) is 11.8 Å². The van der Waals surface area contributed by atoms with Gasteiger partial charge in [-0.1, -0.05) is 25.3 Å². The molecular weight excluding hydrogens is 450 g/mol. The van der Waals surface area contributed by atoms with Gasteiger partial charge in [-0.15, -0.1) is 0 Å². The minimum Gasteiger partial charge on any atom is -0.355 e. The first kappa shape index (κ1) is 24.4. The Morgan fingerprint density at radius 1 is 0.971 bits per heavy atom. The van der Waals surface area contributed by atoms with Crippen LogP contribution in [0.2, 0.25) is 0 Å². The molecule has 0 atom stereocenters. The third-order valence-corrected chi connectivity index (χ3v) is 8.45. The van der Waals surface area contributed by atoms with Gasteiger partial charge in [-0.3, -0.25) is 9.59 Å². The summed E-state index contributed by atoms with van der Waals surface area (Å²) >= 11 is 0. The highest BCUT2D eigenvalue weighted by molar-refractivity contribution is 7.89. The Labute approximate surface area is 202 Å². The topological polar surface area (TPSA) is 95.6 Å². The molecule has 0 aromatic heterocycles. The Morgan fingerprint density at radius 3 is 2.32 bits per heavy atom. The number of nitrogens with zero attached hydrogens (tertiary/aromatic N) is 1. The molecule has 7 nitrogen and oxygen atoms in total. The molecule has 1 saturated carbocycles. The smallest absolute Gasteiger partial charge is 0.258 e. The fourth-order valence-corrected chi connectivity index (χ4v) is 6.67. The van der Waals surface area contributed by atoms with Crippen molar-refractivity contribution in [3.63, 3.8) is 0 Å². The SMILES string of the molecule is CNC(=O)c1ccc2c(c1)C1(CCCCC1)CN2C(=O)c1cccc(S(=O)(=O)NC(C)(C)C)c1. The first-order valence-corrected chi connectivity index (χ1v) is 13.3. The summed E-state index contributed by atoms with van der Waals surface area (Å²) in [5.74, 6) is -0.382. The van der Waals surface area contributed by atoms with Gasteiger partial charge in [0.05, 0.1) is 4.90 Å². The van der Waals surface area contributed by atoms with E-state index in [0.717, 1.165) is 36.9 Å². The number of carbonyl (C=O) groups is 2. The molecule has 1 spiro atoms. The molecule has 34 heavy (non-hydrogen) atoms. The van der Waals surface area contributed by atoms with Crippen molar-refractivity contribution in [2.24, 2.45) is 0 Å². The Hall–Kier alpha value is -2.71. The van der Waals surface area contributed by atoms with Gasteiger partial charge in [0, 0.05) is 41.4 Å².